The molecule has 1 atom stereocenters. The molecular weight excluding hydrogens is 244 g/mol. The zero-order valence-corrected chi connectivity index (χ0v) is 11.7. The molecule has 1 aliphatic heterocycles. The van der Waals surface area contributed by atoms with Gasteiger partial charge in [0.2, 0.25) is 0 Å². The molecule has 1 N–H and O–H groups in total. The summed E-state index contributed by atoms with van der Waals surface area (Å²) >= 11 is 0. The molecule has 5 heteroatoms. The lowest BCUT2D eigenvalue weighted by molar-refractivity contribution is -0.159. The number of ether oxygens (including phenoxy) is 1. The Labute approximate surface area is 114 Å². The first-order chi connectivity index (χ1) is 9.22. The van der Waals surface area contributed by atoms with Gasteiger partial charge in [-0.3, -0.25) is 14.5 Å². The van der Waals surface area contributed by atoms with Crippen molar-refractivity contribution in [3.8, 4) is 0 Å². The van der Waals surface area contributed by atoms with Crippen molar-refractivity contribution < 1.29 is 14.3 Å². The molecule has 0 bridgehead atoms. The quantitative estimate of drug-likeness (QED) is 0.728. The van der Waals surface area contributed by atoms with Gasteiger partial charge in [-0.25, -0.2) is 0 Å². The molecule has 0 spiro atoms. The van der Waals surface area contributed by atoms with Crippen molar-refractivity contribution >= 4 is 11.8 Å². The van der Waals surface area contributed by atoms with Gasteiger partial charge in [0, 0.05) is 12.6 Å². The van der Waals surface area contributed by atoms with Crippen LogP contribution in [0.5, 0.6) is 0 Å². The summed E-state index contributed by atoms with van der Waals surface area (Å²) in [6.45, 7) is 3.65. The highest BCUT2D eigenvalue weighted by Crippen LogP contribution is 2.28. The molecule has 0 aromatic heterocycles. The Morgan fingerprint density at radius 3 is 2.47 bits per heavy atom. The van der Waals surface area contributed by atoms with Gasteiger partial charge in [-0.15, -0.1) is 0 Å². The molecule has 1 unspecified atom stereocenters. The van der Waals surface area contributed by atoms with Crippen LogP contribution in [0.15, 0.2) is 0 Å². The van der Waals surface area contributed by atoms with Crippen molar-refractivity contribution in [2.24, 2.45) is 5.92 Å². The van der Waals surface area contributed by atoms with Crippen molar-refractivity contribution in [3.63, 3.8) is 0 Å². The van der Waals surface area contributed by atoms with Crippen molar-refractivity contribution in [2.45, 2.75) is 45.1 Å². The predicted molar refractivity (Wildman–Crippen MR) is 71.6 cm³/mol. The summed E-state index contributed by atoms with van der Waals surface area (Å²) in [6.07, 6.45) is 6.00. The van der Waals surface area contributed by atoms with Gasteiger partial charge in [0.1, 0.15) is 13.2 Å². The average molecular weight is 268 g/mol. The third-order valence-electron chi connectivity index (χ3n) is 4.06. The lowest BCUT2D eigenvalue weighted by Crippen LogP contribution is -2.53. The second-order valence-corrected chi connectivity index (χ2v) is 5.50. The highest BCUT2D eigenvalue weighted by molar-refractivity contribution is 5.98. The maximum atomic E-state index is 11.8. The Hall–Kier alpha value is -0.940. The Kier molecular flexibility index (Phi) is 5.34. The SMILES string of the molecule is CCCNC(CN1C(=O)COCC1=O)C1CCCC1. The molecule has 2 fully saturated rings. The van der Waals surface area contributed by atoms with E-state index in [2.05, 4.69) is 12.2 Å². The van der Waals surface area contributed by atoms with Crippen LogP contribution in [0.4, 0.5) is 0 Å². The molecule has 1 saturated heterocycles. The number of rotatable bonds is 6. The van der Waals surface area contributed by atoms with Gasteiger partial charge in [0.05, 0.1) is 0 Å². The molecule has 0 aromatic carbocycles. The highest BCUT2D eigenvalue weighted by atomic mass is 16.5. The van der Waals surface area contributed by atoms with E-state index in [0.717, 1.165) is 13.0 Å². The highest BCUT2D eigenvalue weighted by Gasteiger charge is 2.32. The molecule has 2 aliphatic rings. The van der Waals surface area contributed by atoms with Crippen molar-refractivity contribution in [2.75, 3.05) is 26.3 Å². The van der Waals surface area contributed by atoms with E-state index in [-0.39, 0.29) is 31.1 Å². The van der Waals surface area contributed by atoms with E-state index < -0.39 is 0 Å². The van der Waals surface area contributed by atoms with Gasteiger partial charge >= 0.3 is 0 Å². The Bertz CT molecular complexity index is 311. The number of hydrogen-bond acceptors (Lipinski definition) is 4. The molecule has 1 aliphatic carbocycles. The Balaban J connectivity index is 1.96. The minimum Gasteiger partial charge on any atom is -0.362 e. The van der Waals surface area contributed by atoms with Crippen molar-refractivity contribution in [1.82, 2.24) is 10.2 Å². The normalized spacial score (nSPS) is 23.1. The first-order valence-electron chi connectivity index (χ1n) is 7.36. The summed E-state index contributed by atoms with van der Waals surface area (Å²) in [5, 5.41) is 3.51. The number of nitrogens with zero attached hydrogens (tertiary/aromatic N) is 1. The predicted octanol–water partition coefficient (Wildman–Crippen LogP) is 0.930. The second kappa shape index (κ2) is 7.01. The van der Waals surface area contributed by atoms with Crippen LogP contribution in [0.3, 0.4) is 0 Å². The third kappa shape index (κ3) is 3.76. The van der Waals surface area contributed by atoms with E-state index in [1.54, 1.807) is 0 Å². The van der Waals surface area contributed by atoms with Crippen LogP contribution in [0.2, 0.25) is 0 Å². The fourth-order valence-corrected chi connectivity index (χ4v) is 2.99. The lowest BCUT2D eigenvalue weighted by atomic mass is 9.97. The summed E-state index contributed by atoms with van der Waals surface area (Å²) in [4.78, 5) is 24.9. The Morgan fingerprint density at radius 1 is 1.26 bits per heavy atom. The van der Waals surface area contributed by atoms with Gasteiger partial charge in [-0.05, 0) is 31.7 Å². The van der Waals surface area contributed by atoms with E-state index in [1.807, 2.05) is 0 Å². The fraction of sp³-hybridized carbons (Fsp3) is 0.857. The van der Waals surface area contributed by atoms with E-state index in [0.29, 0.717) is 12.5 Å². The van der Waals surface area contributed by atoms with Gasteiger partial charge in [0.15, 0.2) is 0 Å². The molecule has 108 valence electrons. The molecule has 19 heavy (non-hydrogen) atoms. The van der Waals surface area contributed by atoms with Crippen LogP contribution in [-0.2, 0) is 14.3 Å². The topological polar surface area (TPSA) is 58.6 Å². The molecular formula is C14H24N2O3. The minimum atomic E-state index is -0.197. The van der Waals surface area contributed by atoms with Crippen LogP contribution in [-0.4, -0.2) is 49.1 Å². The van der Waals surface area contributed by atoms with Crippen LogP contribution in [0.1, 0.15) is 39.0 Å². The number of morpholine rings is 1. The van der Waals surface area contributed by atoms with Crippen molar-refractivity contribution in [3.05, 3.63) is 0 Å². The number of carbonyl (C=O) groups excluding carboxylic acids is 2. The fourth-order valence-electron chi connectivity index (χ4n) is 2.99. The van der Waals surface area contributed by atoms with E-state index >= 15 is 0 Å². The lowest BCUT2D eigenvalue weighted by Gasteiger charge is -2.32. The van der Waals surface area contributed by atoms with E-state index in [1.165, 1.54) is 30.6 Å². The zero-order chi connectivity index (χ0) is 13.7. The molecule has 1 saturated carbocycles. The van der Waals surface area contributed by atoms with Crippen LogP contribution in [0, 0.1) is 5.92 Å². The van der Waals surface area contributed by atoms with Gasteiger partial charge in [0.25, 0.3) is 11.8 Å². The first-order valence-corrected chi connectivity index (χ1v) is 7.36. The standard InChI is InChI=1S/C14H24N2O3/c1-2-7-15-12(11-5-3-4-6-11)8-16-13(17)9-19-10-14(16)18/h11-12,15H,2-10H2,1H3. The maximum Gasteiger partial charge on any atom is 0.255 e. The number of carbonyl (C=O) groups is 2. The summed E-state index contributed by atoms with van der Waals surface area (Å²) in [5.74, 6) is 0.199. The van der Waals surface area contributed by atoms with Crippen molar-refractivity contribution in [1.29, 1.82) is 0 Å². The zero-order valence-electron chi connectivity index (χ0n) is 11.7. The Morgan fingerprint density at radius 2 is 1.89 bits per heavy atom. The second-order valence-electron chi connectivity index (χ2n) is 5.50. The van der Waals surface area contributed by atoms with Gasteiger partial charge in [-0.1, -0.05) is 19.8 Å². The number of nitrogens with one attached hydrogen (secondary N) is 1. The summed E-state index contributed by atoms with van der Waals surface area (Å²) in [7, 11) is 0. The molecule has 1 heterocycles. The molecule has 2 rings (SSSR count). The van der Waals surface area contributed by atoms with Gasteiger partial charge in [-0.2, -0.15) is 0 Å². The summed E-state index contributed by atoms with van der Waals surface area (Å²) < 4.78 is 4.95. The third-order valence-corrected chi connectivity index (χ3v) is 4.06. The summed E-state index contributed by atoms with van der Waals surface area (Å²) in [5.41, 5.74) is 0. The smallest absolute Gasteiger partial charge is 0.255 e. The molecule has 0 aromatic rings. The number of hydrogen-bond donors (Lipinski definition) is 1. The first kappa shape index (κ1) is 14.5. The van der Waals surface area contributed by atoms with Crippen LogP contribution >= 0.6 is 0 Å². The molecule has 5 nitrogen and oxygen atoms in total. The van der Waals surface area contributed by atoms with Crippen LogP contribution in [0.25, 0.3) is 0 Å². The molecule has 0 radical (unpaired) electrons. The largest absolute Gasteiger partial charge is 0.362 e. The number of amides is 2. The van der Waals surface area contributed by atoms with Crippen LogP contribution < -0.4 is 5.32 Å². The molecule has 2 amide bonds. The average Bonchev–Trinajstić information content (AvgIpc) is 2.91. The van der Waals surface area contributed by atoms with E-state index in [4.69, 9.17) is 4.74 Å². The number of imide groups is 1. The van der Waals surface area contributed by atoms with Gasteiger partial charge < -0.3 is 10.1 Å². The minimum absolute atomic E-state index is 0.0386. The summed E-state index contributed by atoms with van der Waals surface area (Å²) in [6, 6.07) is 0.244. The monoisotopic (exact) mass is 268 g/mol. The van der Waals surface area contributed by atoms with E-state index in [9.17, 15) is 9.59 Å². The maximum absolute atomic E-state index is 11.8.